The molecule has 7 heteroatoms. The van der Waals surface area contributed by atoms with Crippen LogP contribution in [0.3, 0.4) is 0 Å². The zero-order valence-corrected chi connectivity index (χ0v) is 19.1. The molecule has 0 bridgehead atoms. The van der Waals surface area contributed by atoms with Crippen LogP contribution in [0.15, 0.2) is 48.8 Å². The number of hydrogen-bond donors (Lipinski definition) is 1. The number of carbonyl (C=O) groups is 1. The van der Waals surface area contributed by atoms with Crippen LogP contribution in [0.4, 0.5) is 10.6 Å². The maximum absolute atomic E-state index is 14.0. The van der Waals surface area contributed by atoms with Gasteiger partial charge in [-0.05, 0) is 61.9 Å². The van der Waals surface area contributed by atoms with E-state index in [1.807, 2.05) is 47.3 Å². The lowest BCUT2D eigenvalue weighted by molar-refractivity contribution is 0.183. The summed E-state index contributed by atoms with van der Waals surface area (Å²) >= 11 is 0. The van der Waals surface area contributed by atoms with Crippen molar-refractivity contribution in [1.82, 2.24) is 19.8 Å². The molecule has 1 aromatic carbocycles. The number of anilines is 1. The number of aryl methyl sites for hydroxylation is 1. The summed E-state index contributed by atoms with van der Waals surface area (Å²) in [5.41, 5.74) is 2.85. The molecule has 0 saturated carbocycles. The van der Waals surface area contributed by atoms with E-state index in [0.29, 0.717) is 19.0 Å². The van der Waals surface area contributed by atoms with Gasteiger partial charge >= 0.3 is 6.03 Å². The molecule has 1 N–H and O–H groups in total. The summed E-state index contributed by atoms with van der Waals surface area (Å²) in [5.74, 6) is 1.06. The molecular weight excluding hydrogens is 412 g/mol. The first-order chi connectivity index (χ1) is 16.2. The third-order valence-corrected chi connectivity index (χ3v) is 7.12. The van der Waals surface area contributed by atoms with Crippen molar-refractivity contribution in [1.29, 1.82) is 5.26 Å². The summed E-state index contributed by atoms with van der Waals surface area (Å²) in [5, 5.41) is 14.0. The fourth-order valence-electron chi connectivity index (χ4n) is 5.36. The SMILES string of the molecule is Cn1ccc2ccnc(N(C(=O)N3CCC(c4ccccc4C#N)CC3)[C@@H]3CCCNC3)c21. The van der Waals surface area contributed by atoms with Crippen molar-refractivity contribution in [3.05, 3.63) is 59.9 Å². The molecule has 0 unspecified atom stereocenters. The van der Waals surface area contributed by atoms with Gasteiger partial charge in [0.1, 0.15) is 0 Å². The van der Waals surface area contributed by atoms with Gasteiger partial charge in [-0.25, -0.2) is 9.78 Å². The van der Waals surface area contributed by atoms with E-state index >= 15 is 0 Å². The first kappa shape index (κ1) is 21.5. The number of carbonyl (C=O) groups excluding carboxylic acids is 1. The summed E-state index contributed by atoms with van der Waals surface area (Å²) in [4.78, 5) is 22.6. The molecule has 1 atom stereocenters. The average Bonchev–Trinajstić information content (AvgIpc) is 3.26. The van der Waals surface area contributed by atoms with Crippen LogP contribution in [0.2, 0.25) is 0 Å². The van der Waals surface area contributed by atoms with E-state index < -0.39 is 0 Å². The summed E-state index contributed by atoms with van der Waals surface area (Å²) < 4.78 is 2.05. The van der Waals surface area contributed by atoms with Crippen LogP contribution in [0, 0.1) is 11.3 Å². The minimum Gasteiger partial charge on any atom is -0.348 e. The average molecular weight is 443 g/mol. The van der Waals surface area contributed by atoms with Crippen LogP contribution >= 0.6 is 0 Å². The Balaban J connectivity index is 1.41. The Kier molecular flexibility index (Phi) is 6.01. The Labute approximate surface area is 194 Å². The van der Waals surface area contributed by atoms with E-state index in [2.05, 4.69) is 28.1 Å². The van der Waals surface area contributed by atoms with Gasteiger partial charge in [-0.3, -0.25) is 4.90 Å². The van der Waals surface area contributed by atoms with Gasteiger partial charge in [-0.2, -0.15) is 5.26 Å². The van der Waals surface area contributed by atoms with Gasteiger partial charge in [0.05, 0.1) is 23.2 Å². The van der Waals surface area contributed by atoms with Gasteiger partial charge < -0.3 is 14.8 Å². The topological polar surface area (TPSA) is 77.2 Å². The summed E-state index contributed by atoms with van der Waals surface area (Å²) in [6, 6.07) is 14.4. The Bertz CT molecular complexity index is 1180. The van der Waals surface area contributed by atoms with E-state index in [1.54, 1.807) is 6.20 Å². The normalized spacial score (nSPS) is 19.4. The minimum absolute atomic E-state index is 0.0388. The Hall–Kier alpha value is -3.37. The molecule has 33 heavy (non-hydrogen) atoms. The lowest BCUT2D eigenvalue weighted by Gasteiger charge is -2.40. The number of benzene rings is 1. The predicted molar refractivity (Wildman–Crippen MR) is 129 cm³/mol. The molecule has 0 radical (unpaired) electrons. The van der Waals surface area contributed by atoms with Crippen LogP contribution in [0.1, 0.15) is 42.7 Å². The fourth-order valence-corrected chi connectivity index (χ4v) is 5.36. The zero-order valence-electron chi connectivity index (χ0n) is 19.1. The molecule has 0 spiro atoms. The number of likely N-dealkylation sites (tertiary alicyclic amines) is 1. The molecular formula is C26H30N6O. The third-order valence-electron chi connectivity index (χ3n) is 7.12. The van der Waals surface area contributed by atoms with Crippen LogP contribution in [-0.4, -0.2) is 52.7 Å². The van der Waals surface area contributed by atoms with E-state index in [0.717, 1.165) is 66.6 Å². The maximum atomic E-state index is 14.0. The second-order valence-corrected chi connectivity index (χ2v) is 9.11. The van der Waals surface area contributed by atoms with Crippen molar-refractivity contribution >= 4 is 22.8 Å². The quantitative estimate of drug-likeness (QED) is 0.665. The number of rotatable bonds is 3. The minimum atomic E-state index is 0.0388. The van der Waals surface area contributed by atoms with Gasteiger partial charge in [-0.15, -0.1) is 0 Å². The smallest absolute Gasteiger partial charge is 0.326 e. The van der Waals surface area contributed by atoms with Crippen molar-refractivity contribution in [2.45, 2.75) is 37.6 Å². The molecule has 2 fully saturated rings. The van der Waals surface area contributed by atoms with Crippen molar-refractivity contribution in [3.63, 3.8) is 0 Å². The van der Waals surface area contributed by atoms with Crippen molar-refractivity contribution < 1.29 is 4.79 Å². The highest BCUT2D eigenvalue weighted by Gasteiger charge is 2.35. The second-order valence-electron chi connectivity index (χ2n) is 9.11. The molecule has 2 aliphatic rings. The highest BCUT2D eigenvalue weighted by Crippen LogP contribution is 2.33. The maximum Gasteiger partial charge on any atom is 0.326 e. The van der Waals surface area contributed by atoms with Crippen molar-refractivity contribution in [2.75, 3.05) is 31.1 Å². The van der Waals surface area contributed by atoms with E-state index in [1.165, 1.54) is 0 Å². The van der Waals surface area contributed by atoms with Crippen LogP contribution in [0.25, 0.3) is 10.9 Å². The molecule has 3 aromatic rings. The number of aromatic nitrogens is 2. The molecule has 4 heterocycles. The Morgan fingerprint density at radius 3 is 2.76 bits per heavy atom. The number of nitrogens with one attached hydrogen (secondary N) is 1. The number of piperidine rings is 2. The molecule has 5 rings (SSSR count). The molecule has 0 aliphatic carbocycles. The second kappa shape index (κ2) is 9.24. The van der Waals surface area contributed by atoms with Crippen molar-refractivity contribution in [3.8, 4) is 6.07 Å². The van der Waals surface area contributed by atoms with Gasteiger partial charge in [0, 0.05) is 44.5 Å². The summed E-state index contributed by atoms with van der Waals surface area (Å²) in [6.45, 7) is 3.14. The molecule has 2 saturated heterocycles. The lowest BCUT2D eigenvalue weighted by atomic mass is 9.87. The molecule has 170 valence electrons. The molecule has 2 aliphatic heterocycles. The number of hydrogen-bond acceptors (Lipinski definition) is 4. The first-order valence-electron chi connectivity index (χ1n) is 11.9. The van der Waals surface area contributed by atoms with E-state index in [-0.39, 0.29) is 12.1 Å². The Morgan fingerprint density at radius 2 is 2.00 bits per heavy atom. The number of pyridine rings is 1. The van der Waals surface area contributed by atoms with E-state index in [4.69, 9.17) is 4.98 Å². The van der Waals surface area contributed by atoms with Crippen LogP contribution in [-0.2, 0) is 7.05 Å². The van der Waals surface area contributed by atoms with Gasteiger partial charge in [0.15, 0.2) is 5.82 Å². The predicted octanol–water partition coefficient (Wildman–Crippen LogP) is 4.00. The molecule has 7 nitrogen and oxygen atoms in total. The molecule has 2 aromatic heterocycles. The number of nitriles is 1. The fraction of sp³-hybridized carbons (Fsp3) is 0.423. The third kappa shape index (κ3) is 4.07. The number of amides is 2. The van der Waals surface area contributed by atoms with Crippen LogP contribution < -0.4 is 10.2 Å². The Morgan fingerprint density at radius 1 is 1.18 bits per heavy atom. The highest BCUT2D eigenvalue weighted by atomic mass is 16.2. The van der Waals surface area contributed by atoms with Crippen LogP contribution in [0.5, 0.6) is 0 Å². The van der Waals surface area contributed by atoms with Gasteiger partial charge in [0.2, 0.25) is 0 Å². The largest absolute Gasteiger partial charge is 0.348 e. The zero-order chi connectivity index (χ0) is 22.8. The number of nitrogens with zero attached hydrogens (tertiary/aromatic N) is 5. The summed E-state index contributed by atoms with van der Waals surface area (Å²) in [6.07, 6.45) is 7.57. The monoisotopic (exact) mass is 442 g/mol. The standard InChI is InChI=1S/C26H30N6O/c1-30-14-9-20-8-13-29-25(24(20)30)32(22-6-4-12-28-18-22)26(33)31-15-10-19(11-16-31)23-7-3-2-5-21(23)17-27/h2-3,5,7-9,13-14,19,22,28H,4,6,10-12,15-16,18H2,1H3/t22-/m1/s1. The van der Waals surface area contributed by atoms with Gasteiger partial charge in [-0.1, -0.05) is 18.2 Å². The van der Waals surface area contributed by atoms with Crippen molar-refractivity contribution in [2.24, 2.45) is 7.05 Å². The lowest BCUT2D eigenvalue weighted by Crippen LogP contribution is -2.55. The van der Waals surface area contributed by atoms with Gasteiger partial charge in [0.25, 0.3) is 0 Å². The highest BCUT2D eigenvalue weighted by molar-refractivity contribution is 6.00. The first-order valence-corrected chi connectivity index (χ1v) is 11.9. The summed E-state index contributed by atoms with van der Waals surface area (Å²) in [7, 11) is 2.01. The molecule has 2 amide bonds. The number of fused-ring (bicyclic) bond motifs is 1. The number of urea groups is 1. The van der Waals surface area contributed by atoms with E-state index in [9.17, 15) is 10.1 Å².